The molecule has 0 heterocycles. The summed E-state index contributed by atoms with van der Waals surface area (Å²) in [5.41, 5.74) is 7.09. The van der Waals surface area contributed by atoms with E-state index in [2.05, 4.69) is 0 Å². The van der Waals surface area contributed by atoms with E-state index in [-0.39, 0.29) is 11.4 Å². The Morgan fingerprint density at radius 2 is 2.00 bits per heavy atom. The third kappa shape index (κ3) is 3.15. The molecular weight excluding hydrogens is 165 g/mol. The summed E-state index contributed by atoms with van der Waals surface area (Å²) in [6, 6.07) is 5.25. The molecule has 0 unspecified atom stereocenters. The van der Waals surface area contributed by atoms with Crippen LogP contribution >= 0.6 is 0 Å². The van der Waals surface area contributed by atoms with Gasteiger partial charge in [-0.1, -0.05) is 12.1 Å². The fourth-order valence-corrected chi connectivity index (χ4v) is 1.29. The molecule has 0 bridgehead atoms. The third-order valence-corrected chi connectivity index (χ3v) is 1.85. The quantitative estimate of drug-likeness (QED) is 0.745. The molecule has 0 saturated carbocycles. The third-order valence-electron chi connectivity index (χ3n) is 1.85. The highest BCUT2D eigenvalue weighted by molar-refractivity contribution is 5.24. The number of hydrogen-bond acceptors (Lipinski definition) is 1. The standard InChI is InChI=1S/C11H16FN/c1-8-4-5-9(10(12)6-8)7-11(2,3)13/h4-6H,7,13H2,1-3H3. The maximum atomic E-state index is 13.3. The molecule has 1 rings (SSSR count). The van der Waals surface area contributed by atoms with E-state index in [9.17, 15) is 4.39 Å². The molecule has 0 spiro atoms. The molecule has 0 atom stereocenters. The average molecular weight is 181 g/mol. The zero-order valence-electron chi connectivity index (χ0n) is 8.39. The van der Waals surface area contributed by atoms with Crippen molar-refractivity contribution >= 4 is 0 Å². The van der Waals surface area contributed by atoms with Crippen molar-refractivity contribution in [2.24, 2.45) is 5.73 Å². The van der Waals surface area contributed by atoms with Gasteiger partial charge in [-0.05, 0) is 44.4 Å². The van der Waals surface area contributed by atoms with Gasteiger partial charge in [0.15, 0.2) is 0 Å². The summed E-state index contributed by atoms with van der Waals surface area (Å²) in [6.07, 6.45) is 0.569. The lowest BCUT2D eigenvalue weighted by Crippen LogP contribution is -2.34. The number of aryl methyl sites for hydroxylation is 1. The molecule has 0 aliphatic rings. The normalized spacial score (nSPS) is 11.8. The molecule has 1 aromatic carbocycles. The van der Waals surface area contributed by atoms with Crippen LogP contribution in [0, 0.1) is 12.7 Å². The fourth-order valence-electron chi connectivity index (χ4n) is 1.29. The van der Waals surface area contributed by atoms with Crippen molar-refractivity contribution in [2.45, 2.75) is 32.7 Å². The molecule has 0 aromatic heterocycles. The van der Waals surface area contributed by atoms with E-state index < -0.39 is 0 Å². The molecule has 1 nitrogen and oxygen atoms in total. The highest BCUT2D eigenvalue weighted by atomic mass is 19.1. The smallest absolute Gasteiger partial charge is 0.126 e. The van der Waals surface area contributed by atoms with Crippen LogP contribution in [-0.4, -0.2) is 5.54 Å². The molecule has 0 amide bonds. The Hall–Kier alpha value is -0.890. The Bertz CT molecular complexity index is 299. The van der Waals surface area contributed by atoms with Crippen molar-refractivity contribution in [2.75, 3.05) is 0 Å². The maximum Gasteiger partial charge on any atom is 0.126 e. The van der Waals surface area contributed by atoms with Crippen LogP contribution in [0.1, 0.15) is 25.0 Å². The van der Waals surface area contributed by atoms with Crippen molar-refractivity contribution in [3.8, 4) is 0 Å². The molecule has 0 fully saturated rings. The summed E-state index contributed by atoms with van der Waals surface area (Å²) in [6.45, 7) is 5.67. The number of halogens is 1. The summed E-state index contributed by atoms with van der Waals surface area (Å²) in [5.74, 6) is -0.154. The number of benzene rings is 1. The van der Waals surface area contributed by atoms with E-state index in [0.29, 0.717) is 12.0 Å². The fraction of sp³-hybridized carbons (Fsp3) is 0.455. The van der Waals surface area contributed by atoms with Gasteiger partial charge in [0.2, 0.25) is 0 Å². The van der Waals surface area contributed by atoms with Crippen LogP contribution in [0.5, 0.6) is 0 Å². The first kappa shape index (κ1) is 10.2. The lowest BCUT2D eigenvalue weighted by atomic mass is 9.95. The second-order valence-electron chi connectivity index (χ2n) is 4.26. The molecule has 2 N–H and O–H groups in total. The van der Waals surface area contributed by atoms with Gasteiger partial charge in [-0.2, -0.15) is 0 Å². The Labute approximate surface area is 78.8 Å². The van der Waals surface area contributed by atoms with Gasteiger partial charge in [0.1, 0.15) is 5.82 Å². The van der Waals surface area contributed by atoms with Crippen molar-refractivity contribution in [3.05, 3.63) is 35.1 Å². The van der Waals surface area contributed by atoms with Gasteiger partial charge in [-0.25, -0.2) is 4.39 Å². The summed E-state index contributed by atoms with van der Waals surface area (Å²) in [5, 5.41) is 0. The van der Waals surface area contributed by atoms with Crippen LogP contribution < -0.4 is 5.73 Å². The van der Waals surface area contributed by atoms with Crippen LogP contribution in [0.15, 0.2) is 18.2 Å². The Kier molecular flexibility index (Phi) is 2.71. The largest absolute Gasteiger partial charge is 0.325 e. The summed E-state index contributed by atoms with van der Waals surface area (Å²) >= 11 is 0. The molecule has 1 aromatic rings. The predicted molar refractivity (Wildman–Crippen MR) is 53.1 cm³/mol. The Morgan fingerprint density at radius 3 is 2.46 bits per heavy atom. The molecule has 0 aliphatic heterocycles. The number of hydrogen-bond donors (Lipinski definition) is 1. The summed E-state index contributed by atoms with van der Waals surface area (Å²) < 4.78 is 13.3. The minimum atomic E-state index is -0.351. The highest BCUT2D eigenvalue weighted by Crippen LogP contribution is 2.15. The zero-order valence-corrected chi connectivity index (χ0v) is 8.39. The topological polar surface area (TPSA) is 26.0 Å². The van der Waals surface area contributed by atoms with Gasteiger partial charge in [0.05, 0.1) is 0 Å². The minimum absolute atomic E-state index is 0.154. The van der Waals surface area contributed by atoms with E-state index in [4.69, 9.17) is 5.73 Å². The van der Waals surface area contributed by atoms with Gasteiger partial charge in [0.25, 0.3) is 0 Å². The highest BCUT2D eigenvalue weighted by Gasteiger charge is 2.14. The van der Waals surface area contributed by atoms with Gasteiger partial charge >= 0.3 is 0 Å². The second kappa shape index (κ2) is 3.46. The predicted octanol–water partition coefficient (Wildman–Crippen LogP) is 2.41. The molecule has 13 heavy (non-hydrogen) atoms. The van der Waals surface area contributed by atoms with Crippen LogP contribution in [-0.2, 0) is 6.42 Å². The molecule has 2 heteroatoms. The van der Waals surface area contributed by atoms with Gasteiger partial charge < -0.3 is 5.73 Å². The average Bonchev–Trinajstić information content (AvgIpc) is 1.93. The maximum absolute atomic E-state index is 13.3. The lowest BCUT2D eigenvalue weighted by Gasteiger charge is -2.18. The molecule has 0 aliphatic carbocycles. The van der Waals surface area contributed by atoms with E-state index >= 15 is 0 Å². The Balaban J connectivity index is 2.90. The first-order chi connectivity index (χ1) is 5.88. The molecule has 0 saturated heterocycles. The van der Waals surface area contributed by atoms with E-state index in [1.165, 1.54) is 0 Å². The molecule has 72 valence electrons. The van der Waals surface area contributed by atoms with Crippen molar-refractivity contribution in [1.29, 1.82) is 0 Å². The van der Waals surface area contributed by atoms with Crippen molar-refractivity contribution < 1.29 is 4.39 Å². The lowest BCUT2D eigenvalue weighted by molar-refractivity contribution is 0.497. The number of nitrogens with two attached hydrogens (primary N) is 1. The van der Waals surface area contributed by atoms with Crippen LogP contribution in [0.4, 0.5) is 4.39 Å². The SMILES string of the molecule is Cc1ccc(CC(C)(C)N)c(F)c1. The van der Waals surface area contributed by atoms with Crippen molar-refractivity contribution in [1.82, 2.24) is 0 Å². The zero-order chi connectivity index (χ0) is 10.1. The first-order valence-corrected chi connectivity index (χ1v) is 4.42. The second-order valence-corrected chi connectivity index (χ2v) is 4.26. The Morgan fingerprint density at radius 1 is 1.38 bits per heavy atom. The first-order valence-electron chi connectivity index (χ1n) is 4.42. The van der Waals surface area contributed by atoms with Crippen LogP contribution in [0.2, 0.25) is 0 Å². The van der Waals surface area contributed by atoms with Crippen molar-refractivity contribution in [3.63, 3.8) is 0 Å². The van der Waals surface area contributed by atoms with Gasteiger partial charge in [-0.15, -0.1) is 0 Å². The monoisotopic (exact) mass is 181 g/mol. The van der Waals surface area contributed by atoms with Gasteiger partial charge in [0, 0.05) is 5.54 Å². The van der Waals surface area contributed by atoms with Gasteiger partial charge in [-0.3, -0.25) is 0 Å². The van der Waals surface area contributed by atoms with Crippen LogP contribution in [0.3, 0.4) is 0 Å². The number of rotatable bonds is 2. The van der Waals surface area contributed by atoms with E-state index in [1.54, 1.807) is 12.1 Å². The van der Waals surface area contributed by atoms with E-state index in [1.807, 2.05) is 26.8 Å². The summed E-state index contributed by atoms with van der Waals surface area (Å²) in [7, 11) is 0. The minimum Gasteiger partial charge on any atom is -0.325 e. The van der Waals surface area contributed by atoms with E-state index in [0.717, 1.165) is 5.56 Å². The summed E-state index contributed by atoms with van der Waals surface area (Å²) in [4.78, 5) is 0. The molecule has 0 radical (unpaired) electrons. The van der Waals surface area contributed by atoms with Crippen LogP contribution in [0.25, 0.3) is 0 Å². The molecular formula is C11H16FN.